The monoisotopic (exact) mass is 312 g/mol. The fourth-order valence-corrected chi connectivity index (χ4v) is 1.88. The van der Waals surface area contributed by atoms with Crippen LogP contribution in [0.2, 0.25) is 5.02 Å². The van der Waals surface area contributed by atoms with Crippen molar-refractivity contribution in [2.24, 2.45) is 0 Å². The molecular weight excluding hydrogens is 292 g/mol. The van der Waals surface area contributed by atoms with Crippen LogP contribution in [-0.4, -0.2) is 42.9 Å². The summed E-state index contributed by atoms with van der Waals surface area (Å²) in [6.45, 7) is 5.26. The molecule has 1 aromatic rings. The molecule has 1 aromatic carbocycles. The molecule has 116 valence electrons. The van der Waals surface area contributed by atoms with Crippen molar-refractivity contribution < 1.29 is 9.59 Å². The molecule has 6 nitrogen and oxygen atoms in total. The van der Waals surface area contributed by atoms with Gasteiger partial charge in [0.2, 0.25) is 11.8 Å². The van der Waals surface area contributed by atoms with Crippen molar-refractivity contribution in [1.82, 2.24) is 10.2 Å². The van der Waals surface area contributed by atoms with Crippen molar-refractivity contribution in [2.45, 2.75) is 13.8 Å². The van der Waals surface area contributed by atoms with Gasteiger partial charge in [0.15, 0.2) is 0 Å². The molecule has 0 atom stereocenters. The number of hydrogen-bond donors (Lipinski definition) is 3. The van der Waals surface area contributed by atoms with Gasteiger partial charge in [0.05, 0.1) is 23.8 Å². The van der Waals surface area contributed by atoms with Crippen molar-refractivity contribution in [2.75, 3.05) is 37.2 Å². The zero-order valence-electron chi connectivity index (χ0n) is 12.3. The number of nitrogens with two attached hydrogens (primary N) is 1. The standard InChI is InChI=1S/C14H21ClN4O2/c1-3-17-13(20)8-19(4-2)9-14(21)18-10-5-6-11(15)12(16)7-10/h5-7H,3-4,8-9,16H2,1-2H3,(H,17,20)(H,18,21). The van der Waals surface area contributed by atoms with Gasteiger partial charge in [-0.05, 0) is 31.7 Å². The van der Waals surface area contributed by atoms with Gasteiger partial charge in [0, 0.05) is 12.2 Å². The summed E-state index contributed by atoms with van der Waals surface area (Å²) in [7, 11) is 0. The Morgan fingerprint density at radius 2 is 1.90 bits per heavy atom. The molecule has 0 bridgehead atoms. The first-order valence-corrected chi connectivity index (χ1v) is 7.18. The number of nitrogen functional groups attached to an aromatic ring is 1. The highest BCUT2D eigenvalue weighted by atomic mass is 35.5. The van der Waals surface area contributed by atoms with E-state index in [-0.39, 0.29) is 24.9 Å². The van der Waals surface area contributed by atoms with Gasteiger partial charge in [-0.15, -0.1) is 0 Å². The van der Waals surface area contributed by atoms with Crippen LogP contribution in [0.5, 0.6) is 0 Å². The van der Waals surface area contributed by atoms with Crippen LogP contribution < -0.4 is 16.4 Å². The number of halogens is 1. The molecule has 0 heterocycles. The number of amides is 2. The Bertz CT molecular complexity index is 508. The van der Waals surface area contributed by atoms with Crippen molar-refractivity contribution in [3.05, 3.63) is 23.2 Å². The van der Waals surface area contributed by atoms with Crippen LogP contribution in [0.15, 0.2) is 18.2 Å². The van der Waals surface area contributed by atoms with Gasteiger partial charge in [-0.3, -0.25) is 14.5 Å². The van der Waals surface area contributed by atoms with E-state index in [4.69, 9.17) is 17.3 Å². The maximum Gasteiger partial charge on any atom is 0.238 e. The van der Waals surface area contributed by atoms with E-state index in [1.165, 1.54) is 0 Å². The molecule has 21 heavy (non-hydrogen) atoms. The maximum atomic E-state index is 12.0. The van der Waals surface area contributed by atoms with E-state index < -0.39 is 0 Å². The number of carbonyl (C=O) groups excluding carboxylic acids is 2. The Hall–Kier alpha value is -1.79. The summed E-state index contributed by atoms with van der Waals surface area (Å²) in [6, 6.07) is 4.90. The second kappa shape index (κ2) is 8.49. The van der Waals surface area contributed by atoms with Crippen molar-refractivity contribution >= 4 is 34.8 Å². The smallest absolute Gasteiger partial charge is 0.238 e. The van der Waals surface area contributed by atoms with E-state index in [2.05, 4.69) is 10.6 Å². The highest BCUT2D eigenvalue weighted by molar-refractivity contribution is 6.33. The van der Waals surface area contributed by atoms with E-state index in [1.54, 1.807) is 23.1 Å². The summed E-state index contributed by atoms with van der Waals surface area (Å²) in [5.41, 5.74) is 6.66. The maximum absolute atomic E-state index is 12.0. The Labute approximate surface area is 129 Å². The normalized spacial score (nSPS) is 10.5. The zero-order valence-corrected chi connectivity index (χ0v) is 13.0. The minimum absolute atomic E-state index is 0.0945. The fraction of sp³-hybridized carbons (Fsp3) is 0.429. The molecule has 1 rings (SSSR count). The summed E-state index contributed by atoms with van der Waals surface area (Å²) in [5.74, 6) is -0.300. The number of carbonyl (C=O) groups is 2. The van der Waals surface area contributed by atoms with Crippen molar-refractivity contribution in [1.29, 1.82) is 0 Å². The van der Waals surface area contributed by atoms with Crippen LogP contribution >= 0.6 is 11.6 Å². The first-order valence-electron chi connectivity index (χ1n) is 6.80. The average Bonchev–Trinajstić information content (AvgIpc) is 2.42. The average molecular weight is 313 g/mol. The number of hydrogen-bond acceptors (Lipinski definition) is 4. The Morgan fingerprint density at radius 3 is 2.48 bits per heavy atom. The van der Waals surface area contributed by atoms with Crippen LogP contribution in [0.3, 0.4) is 0 Å². The summed E-state index contributed by atoms with van der Waals surface area (Å²) >= 11 is 5.82. The molecule has 0 aliphatic rings. The second-order valence-electron chi connectivity index (χ2n) is 4.54. The molecule has 0 aliphatic heterocycles. The largest absolute Gasteiger partial charge is 0.397 e. The van der Waals surface area contributed by atoms with E-state index >= 15 is 0 Å². The Kier molecular flexibility index (Phi) is 6.98. The molecule has 0 saturated carbocycles. The van der Waals surface area contributed by atoms with Crippen LogP contribution in [-0.2, 0) is 9.59 Å². The molecule has 0 aliphatic carbocycles. The number of likely N-dealkylation sites (N-methyl/N-ethyl adjacent to an activating group) is 2. The van der Waals surface area contributed by atoms with Gasteiger partial charge in [-0.25, -0.2) is 0 Å². The predicted octanol–water partition coefficient (Wildman–Crippen LogP) is 1.32. The topological polar surface area (TPSA) is 87.5 Å². The zero-order chi connectivity index (χ0) is 15.8. The van der Waals surface area contributed by atoms with Gasteiger partial charge in [0.1, 0.15) is 0 Å². The third-order valence-corrected chi connectivity index (χ3v) is 3.18. The number of anilines is 2. The lowest BCUT2D eigenvalue weighted by atomic mass is 10.3. The van der Waals surface area contributed by atoms with Gasteiger partial charge < -0.3 is 16.4 Å². The summed E-state index contributed by atoms with van der Waals surface area (Å²) in [5, 5.41) is 5.88. The molecule has 2 amide bonds. The van der Waals surface area contributed by atoms with Gasteiger partial charge in [-0.2, -0.15) is 0 Å². The molecular formula is C14H21ClN4O2. The first kappa shape index (κ1) is 17.3. The third-order valence-electron chi connectivity index (χ3n) is 2.84. The van der Waals surface area contributed by atoms with Gasteiger partial charge in [0.25, 0.3) is 0 Å². The number of benzene rings is 1. The highest BCUT2D eigenvalue weighted by Gasteiger charge is 2.13. The molecule has 0 spiro atoms. The van der Waals surface area contributed by atoms with E-state index in [1.807, 2.05) is 13.8 Å². The SMILES string of the molecule is CCNC(=O)CN(CC)CC(=O)Nc1ccc(Cl)c(N)c1. The third kappa shape index (κ3) is 6.01. The molecule has 0 saturated heterocycles. The van der Waals surface area contributed by atoms with Crippen LogP contribution in [0.1, 0.15) is 13.8 Å². The van der Waals surface area contributed by atoms with Crippen LogP contribution in [0, 0.1) is 0 Å². The lowest BCUT2D eigenvalue weighted by Crippen LogP contribution is -2.41. The van der Waals surface area contributed by atoms with Gasteiger partial charge in [-0.1, -0.05) is 18.5 Å². The second-order valence-corrected chi connectivity index (χ2v) is 4.95. The summed E-state index contributed by atoms with van der Waals surface area (Å²) in [4.78, 5) is 25.2. The van der Waals surface area contributed by atoms with E-state index in [0.717, 1.165) is 0 Å². The first-order chi connectivity index (χ1) is 9.96. The van der Waals surface area contributed by atoms with E-state index in [0.29, 0.717) is 29.5 Å². The summed E-state index contributed by atoms with van der Waals surface area (Å²) < 4.78 is 0. The highest BCUT2D eigenvalue weighted by Crippen LogP contribution is 2.22. The molecule has 0 unspecified atom stereocenters. The minimum atomic E-state index is -0.206. The molecule has 4 N–H and O–H groups in total. The molecule has 0 radical (unpaired) electrons. The number of nitrogens with one attached hydrogen (secondary N) is 2. The van der Waals surface area contributed by atoms with E-state index in [9.17, 15) is 9.59 Å². The lowest BCUT2D eigenvalue weighted by molar-refractivity contribution is -0.123. The number of rotatable bonds is 7. The lowest BCUT2D eigenvalue weighted by Gasteiger charge is -2.19. The van der Waals surface area contributed by atoms with Gasteiger partial charge >= 0.3 is 0 Å². The number of nitrogens with zero attached hydrogens (tertiary/aromatic N) is 1. The molecule has 7 heteroatoms. The molecule has 0 aromatic heterocycles. The summed E-state index contributed by atoms with van der Waals surface area (Å²) in [6.07, 6.45) is 0. The molecule has 0 fully saturated rings. The Morgan fingerprint density at radius 1 is 1.24 bits per heavy atom. The van der Waals surface area contributed by atoms with Crippen molar-refractivity contribution in [3.63, 3.8) is 0 Å². The quantitative estimate of drug-likeness (QED) is 0.663. The Balaban J connectivity index is 2.54. The predicted molar refractivity (Wildman–Crippen MR) is 85.3 cm³/mol. The van der Waals surface area contributed by atoms with Crippen LogP contribution in [0.25, 0.3) is 0 Å². The fourth-order valence-electron chi connectivity index (χ4n) is 1.76. The van der Waals surface area contributed by atoms with Crippen molar-refractivity contribution in [3.8, 4) is 0 Å². The minimum Gasteiger partial charge on any atom is -0.397 e. The van der Waals surface area contributed by atoms with Crippen LogP contribution in [0.4, 0.5) is 11.4 Å².